The second-order valence-corrected chi connectivity index (χ2v) is 11.8. The molecule has 2 heterocycles. The minimum atomic E-state index is -2.86. The minimum absolute atomic E-state index is 0.163. The summed E-state index contributed by atoms with van der Waals surface area (Å²) in [5.74, 6) is -2.64. The molecule has 4 rings (SSSR count). The lowest BCUT2D eigenvalue weighted by Crippen LogP contribution is -2.40. The van der Waals surface area contributed by atoms with Gasteiger partial charge in [-0.25, -0.2) is 22.7 Å². The molecule has 2 aliphatic rings. The third-order valence-corrected chi connectivity index (χ3v) is 8.20. The zero-order valence-electron chi connectivity index (χ0n) is 18.1. The van der Waals surface area contributed by atoms with Gasteiger partial charge in [-0.3, -0.25) is 9.36 Å². The number of alkyl halides is 2. The van der Waals surface area contributed by atoms with Crippen molar-refractivity contribution in [2.24, 2.45) is 0 Å². The van der Waals surface area contributed by atoms with Crippen molar-refractivity contribution in [3.05, 3.63) is 39.4 Å². The zero-order valence-corrected chi connectivity index (χ0v) is 19.0. The molecule has 0 saturated heterocycles. The van der Waals surface area contributed by atoms with Gasteiger partial charge in [-0.1, -0.05) is 6.07 Å². The first kappa shape index (κ1) is 21.6. The summed E-state index contributed by atoms with van der Waals surface area (Å²) in [6.07, 6.45) is 0.865. The van der Waals surface area contributed by atoms with Crippen LogP contribution in [0.1, 0.15) is 76.4 Å². The van der Waals surface area contributed by atoms with Crippen molar-refractivity contribution in [2.75, 3.05) is 0 Å². The molecule has 1 unspecified atom stereocenters. The molecule has 164 valence electrons. The molecule has 0 bridgehead atoms. The first-order valence-electron chi connectivity index (χ1n) is 10.5. The number of aryl methyl sites for hydroxylation is 1. The van der Waals surface area contributed by atoms with E-state index in [9.17, 15) is 17.8 Å². The lowest BCUT2D eigenvalue weighted by atomic mass is 9.81. The van der Waals surface area contributed by atoms with Crippen LogP contribution in [0, 0.1) is 6.92 Å². The molecule has 3 atom stereocenters. The van der Waals surface area contributed by atoms with Crippen LogP contribution in [-0.4, -0.2) is 24.4 Å². The van der Waals surface area contributed by atoms with Gasteiger partial charge in [0.15, 0.2) is 0 Å². The van der Waals surface area contributed by atoms with E-state index in [0.717, 1.165) is 5.56 Å². The quantitative estimate of drug-likeness (QED) is 0.780. The zero-order chi connectivity index (χ0) is 22.1. The number of nitrogens with zero attached hydrogens (tertiary/aromatic N) is 2. The highest BCUT2D eigenvalue weighted by atomic mass is 32.2. The van der Waals surface area contributed by atoms with E-state index < -0.39 is 27.1 Å². The van der Waals surface area contributed by atoms with Crippen molar-refractivity contribution >= 4 is 21.9 Å². The molecule has 0 amide bonds. The topological polar surface area (TPSA) is 64.0 Å². The first-order valence-corrected chi connectivity index (χ1v) is 11.6. The Morgan fingerprint density at radius 1 is 1.23 bits per heavy atom. The van der Waals surface area contributed by atoms with E-state index in [0.29, 0.717) is 29.3 Å². The molecule has 1 aromatic carbocycles. The second-order valence-electron chi connectivity index (χ2n) is 9.75. The molecule has 1 aromatic heterocycles. The van der Waals surface area contributed by atoms with Crippen molar-refractivity contribution in [1.29, 1.82) is 0 Å². The van der Waals surface area contributed by atoms with Crippen LogP contribution < -0.4 is 10.3 Å². The van der Waals surface area contributed by atoms with Gasteiger partial charge in [0.1, 0.15) is 5.82 Å². The molecule has 1 aliphatic carbocycles. The molecule has 1 N–H and O–H groups in total. The van der Waals surface area contributed by atoms with Gasteiger partial charge in [0, 0.05) is 19.0 Å². The van der Waals surface area contributed by atoms with E-state index in [4.69, 9.17) is 4.98 Å². The Bertz CT molecular complexity index is 1110. The summed E-state index contributed by atoms with van der Waals surface area (Å²) in [6, 6.07) is 3.31. The molecule has 2 aromatic rings. The average Bonchev–Trinajstić information content (AvgIpc) is 3.16. The number of rotatable bonds is 3. The standard InChI is InChI=1S/C22H29F2N3O2S/c1-13-11-15(14(2)26-30(29)20(3,4)5)17-16(12-13)18(28)27-10-9-21(19(27)25-17)7-6-8-22(21,23)24/h11-12,14,26H,6-10H2,1-5H3/t14-,21?,30-/m1/s1. The van der Waals surface area contributed by atoms with E-state index in [1.54, 1.807) is 6.07 Å². The fourth-order valence-electron chi connectivity index (χ4n) is 4.84. The Balaban J connectivity index is 1.91. The Morgan fingerprint density at radius 2 is 1.93 bits per heavy atom. The van der Waals surface area contributed by atoms with Crippen molar-refractivity contribution in [3.63, 3.8) is 0 Å². The summed E-state index contributed by atoms with van der Waals surface area (Å²) >= 11 is 0. The number of fused-ring (bicyclic) bond motifs is 3. The third kappa shape index (κ3) is 3.14. The minimum Gasteiger partial charge on any atom is -0.295 e. The van der Waals surface area contributed by atoms with Crippen molar-refractivity contribution in [2.45, 2.75) is 89.0 Å². The monoisotopic (exact) mass is 437 g/mol. The molecule has 0 radical (unpaired) electrons. The van der Waals surface area contributed by atoms with Crippen LogP contribution in [-0.2, 0) is 22.9 Å². The molecule has 8 heteroatoms. The Kier molecular flexibility index (Phi) is 4.97. The van der Waals surface area contributed by atoms with Crippen LogP contribution in [0.5, 0.6) is 0 Å². The summed E-state index contributed by atoms with van der Waals surface area (Å²) < 4.78 is 46.6. The van der Waals surface area contributed by atoms with Gasteiger partial charge in [-0.2, -0.15) is 0 Å². The number of halogens is 2. The molecule has 30 heavy (non-hydrogen) atoms. The van der Waals surface area contributed by atoms with Crippen LogP contribution in [0.25, 0.3) is 10.9 Å². The van der Waals surface area contributed by atoms with Crippen molar-refractivity contribution < 1.29 is 13.0 Å². The molecule has 1 aliphatic heterocycles. The van der Waals surface area contributed by atoms with Gasteiger partial charge in [0.25, 0.3) is 11.5 Å². The molecule has 1 saturated carbocycles. The largest absolute Gasteiger partial charge is 0.295 e. The molecule has 1 fully saturated rings. The van der Waals surface area contributed by atoms with Crippen molar-refractivity contribution in [1.82, 2.24) is 14.3 Å². The second kappa shape index (κ2) is 6.92. The Morgan fingerprint density at radius 3 is 2.53 bits per heavy atom. The van der Waals surface area contributed by atoms with E-state index >= 15 is 0 Å². The predicted octanol–water partition coefficient (Wildman–Crippen LogP) is 4.28. The van der Waals surface area contributed by atoms with Crippen LogP contribution in [0.3, 0.4) is 0 Å². The van der Waals surface area contributed by atoms with E-state index in [-0.39, 0.29) is 36.8 Å². The number of aromatic nitrogens is 2. The summed E-state index contributed by atoms with van der Waals surface area (Å²) in [5.41, 5.74) is 0.417. The smallest absolute Gasteiger partial charge is 0.261 e. The summed E-state index contributed by atoms with van der Waals surface area (Å²) in [6.45, 7) is 9.66. The van der Waals surface area contributed by atoms with E-state index in [2.05, 4.69) is 4.72 Å². The van der Waals surface area contributed by atoms with Crippen LogP contribution >= 0.6 is 0 Å². The normalized spacial score (nSPS) is 25.0. The highest BCUT2D eigenvalue weighted by molar-refractivity contribution is 7.84. The van der Waals surface area contributed by atoms with Gasteiger partial charge in [-0.15, -0.1) is 0 Å². The van der Waals surface area contributed by atoms with Gasteiger partial charge >= 0.3 is 0 Å². The molecule has 1 spiro atoms. The van der Waals surface area contributed by atoms with Crippen LogP contribution in [0.2, 0.25) is 0 Å². The fourth-order valence-corrected chi connectivity index (χ4v) is 5.64. The van der Waals surface area contributed by atoms with E-state index in [1.165, 1.54) is 4.57 Å². The number of hydrogen-bond donors (Lipinski definition) is 1. The van der Waals surface area contributed by atoms with Gasteiger partial charge < -0.3 is 0 Å². The Hall–Kier alpha value is -1.67. The van der Waals surface area contributed by atoms with Crippen LogP contribution in [0.15, 0.2) is 16.9 Å². The fraction of sp³-hybridized carbons (Fsp3) is 0.636. The van der Waals surface area contributed by atoms with Gasteiger partial charge in [0.05, 0.1) is 32.1 Å². The summed E-state index contributed by atoms with van der Waals surface area (Å²) in [4.78, 5) is 18.0. The molecular formula is C22H29F2N3O2S. The van der Waals surface area contributed by atoms with E-state index in [1.807, 2.05) is 40.7 Å². The third-order valence-electron chi connectivity index (χ3n) is 6.52. The van der Waals surface area contributed by atoms with Gasteiger partial charge in [-0.05, 0) is 71.1 Å². The lowest BCUT2D eigenvalue weighted by Gasteiger charge is -2.30. The average molecular weight is 438 g/mol. The van der Waals surface area contributed by atoms with Crippen molar-refractivity contribution in [3.8, 4) is 0 Å². The molecule has 5 nitrogen and oxygen atoms in total. The maximum Gasteiger partial charge on any atom is 0.261 e. The summed E-state index contributed by atoms with van der Waals surface area (Å²) in [5, 5.41) is 0.433. The predicted molar refractivity (Wildman–Crippen MR) is 115 cm³/mol. The molecular weight excluding hydrogens is 408 g/mol. The van der Waals surface area contributed by atoms with Crippen LogP contribution in [0.4, 0.5) is 8.78 Å². The Labute approximate surface area is 177 Å². The number of hydrogen-bond acceptors (Lipinski definition) is 3. The maximum atomic E-state index is 14.9. The highest BCUT2D eigenvalue weighted by Crippen LogP contribution is 2.55. The van der Waals surface area contributed by atoms with Gasteiger partial charge in [0.2, 0.25) is 0 Å². The summed E-state index contributed by atoms with van der Waals surface area (Å²) in [7, 11) is -1.32. The number of benzene rings is 1. The first-order chi connectivity index (χ1) is 13.9. The SMILES string of the molecule is Cc1cc([C@@H](C)N[S@](=O)C(C)(C)C)c2nc3n(c(=O)c2c1)CCC31CCCC1(F)F. The lowest BCUT2D eigenvalue weighted by molar-refractivity contribution is -0.0584. The highest BCUT2D eigenvalue weighted by Gasteiger charge is 2.62. The number of nitrogens with one attached hydrogen (secondary N) is 1. The maximum absolute atomic E-state index is 14.9.